The Morgan fingerprint density at radius 2 is 2.05 bits per heavy atom. The van der Waals surface area contributed by atoms with Gasteiger partial charge in [0.25, 0.3) is 0 Å². The van der Waals surface area contributed by atoms with Gasteiger partial charge in [0.05, 0.1) is 24.0 Å². The molecule has 1 fully saturated rings. The van der Waals surface area contributed by atoms with Gasteiger partial charge in [-0.15, -0.1) is 0 Å². The summed E-state index contributed by atoms with van der Waals surface area (Å²) in [5, 5.41) is 13.9. The quantitative estimate of drug-likeness (QED) is 0.895. The van der Waals surface area contributed by atoms with E-state index in [4.69, 9.17) is 15.0 Å². The number of benzene rings is 1. The maximum Gasteiger partial charge on any atom is 0.167 e. The third kappa shape index (κ3) is 3.32. The van der Waals surface area contributed by atoms with Crippen molar-refractivity contribution in [3.8, 4) is 11.3 Å². The molecule has 0 spiro atoms. The molecule has 1 aliphatic rings. The summed E-state index contributed by atoms with van der Waals surface area (Å²) in [6.07, 6.45) is 1.52. The van der Waals surface area contributed by atoms with Crippen LogP contribution in [0.3, 0.4) is 0 Å². The number of nitrogens with zero attached hydrogens (tertiary/aromatic N) is 1. The number of aliphatic hydroxyl groups excluding tert-OH is 1. The Labute approximate surface area is 123 Å². The average Bonchev–Trinajstić information content (AvgIpc) is 2.98. The molecule has 3 atom stereocenters. The Hall–Kier alpha value is -1.69. The predicted molar refractivity (Wildman–Crippen MR) is 78.6 cm³/mol. The van der Waals surface area contributed by atoms with Crippen molar-refractivity contribution in [2.75, 3.05) is 6.54 Å². The Morgan fingerprint density at radius 1 is 1.24 bits per heavy atom. The smallest absolute Gasteiger partial charge is 0.167 e. The molecule has 0 saturated carbocycles. The van der Waals surface area contributed by atoms with Crippen molar-refractivity contribution >= 4 is 0 Å². The molecule has 2 heterocycles. The lowest BCUT2D eigenvalue weighted by Gasteiger charge is -2.32. The summed E-state index contributed by atoms with van der Waals surface area (Å²) in [6.45, 7) is 0.339. The fourth-order valence-corrected chi connectivity index (χ4v) is 2.69. The molecule has 1 aliphatic heterocycles. The fraction of sp³-hybridized carbons (Fsp3) is 0.438. The summed E-state index contributed by atoms with van der Waals surface area (Å²) in [6, 6.07) is 11.8. The molecule has 112 valence electrons. The highest BCUT2D eigenvalue weighted by atomic mass is 16.5. The first-order valence-electron chi connectivity index (χ1n) is 7.31. The van der Waals surface area contributed by atoms with Crippen molar-refractivity contribution in [2.24, 2.45) is 5.73 Å². The van der Waals surface area contributed by atoms with Gasteiger partial charge in [0.2, 0.25) is 0 Å². The van der Waals surface area contributed by atoms with Gasteiger partial charge in [0.1, 0.15) is 0 Å². The van der Waals surface area contributed by atoms with Gasteiger partial charge in [0, 0.05) is 24.6 Å². The molecule has 0 bridgehead atoms. The molecular formula is C16H20N2O3. The topological polar surface area (TPSA) is 81.5 Å². The molecule has 0 aliphatic carbocycles. The summed E-state index contributed by atoms with van der Waals surface area (Å²) in [5.41, 5.74) is 7.49. The number of hydrogen-bond donors (Lipinski definition) is 2. The van der Waals surface area contributed by atoms with Gasteiger partial charge < -0.3 is 20.1 Å². The maximum absolute atomic E-state index is 9.77. The lowest BCUT2D eigenvalue weighted by molar-refractivity contribution is -0.111. The summed E-state index contributed by atoms with van der Waals surface area (Å²) < 4.78 is 11.2. The zero-order valence-corrected chi connectivity index (χ0v) is 11.8. The van der Waals surface area contributed by atoms with Gasteiger partial charge in [-0.2, -0.15) is 0 Å². The van der Waals surface area contributed by atoms with Gasteiger partial charge in [-0.3, -0.25) is 0 Å². The van der Waals surface area contributed by atoms with Crippen LogP contribution in [0.5, 0.6) is 0 Å². The molecule has 1 saturated heterocycles. The molecule has 3 N–H and O–H groups in total. The zero-order chi connectivity index (χ0) is 14.7. The van der Waals surface area contributed by atoms with Crippen molar-refractivity contribution in [2.45, 2.75) is 37.6 Å². The summed E-state index contributed by atoms with van der Waals surface area (Å²) in [4.78, 5) is 0. The van der Waals surface area contributed by atoms with Gasteiger partial charge in [0.15, 0.2) is 5.76 Å². The lowest BCUT2D eigenvalue weighted by Crippen LogP contribution is -2.44. The van der Waals surface area contributed by atoms with Crippen molar-refractivity contribution in [1.29, 1.82) is 0 Å². The van der Waals surface area contributed by atoms with E-state index in [9.17, 15) is 5.11 Å². The minimum Gasteiger partial charge on any atom is -0.390 e. The van der Waals surface area contributed by atoms with Crippen LogP contribution in [-0.2, 0) is 11.2 Å². The normalized spacial score (nSPS) is 25.9. The largest absolute Gasteiger partial charge is 0.390 e. The summed E-state index contributed by atoms with van der Waals surface area (Å²) >= 11 is 0. The highest BCUT2D eigenvalue weighted by Gasteiger charge is 2.29. The third-order valence-electron chi connectivity index (χ3n) is 3.87. The minimum absolute atomic E-state index is 0.0377. The van der Waals surface area contributed by atoms with Crippen molar-refractivity contribution in [3.63, 3.8) is 0 Å². The van der Waals surface area contributed by atoms with Crippen LogP contribution in [-0.4, -0.2) is 35.1 Å². The molecule has 21 heavy (non-hydrogen) atoms. The molecule has 1 aromatic heterocycles. The van der Waals surface area contributed by atoms with Gasteiger partial charge in [-0.1, -0.05) is 35.5 Å². The van der Waals surface area contributed by atoms with Crippen LogP contribution in [0.2, 0.25) is 0 Å². The monoisotopic (exact) mass is 288 g/mol. The third-order valence-corrected chi connectivity index (χ3v) is 3.87. The van der Waals surface area contributed by atoms with Gasteiger partial charge >= 0.3 is 0 Å². The van der Waals surface area contributed by atoms with E-state index in [1.807, 2.05) is 36.4 Å². The maximum atomic E-state index is 9.77. The van der Waals surface area contributed by atoms with Crippen molar-refractivity contribution in [3.05, 3.63) is 42.1 Å². The predicted octanol–water partition coefficient (Wildman–Crippen LogP) is 1.75. The van der Waals surface area contributed by atoms with Gasteiger partial charge in [-0.25, -0.2) is 0 Å². The zero-order valence-electron chi connectivity index (χ0n) is 11.8. The first-order valence-corrected chi connectivity index (χ1v) is 7.31. The van der Waals surface area contributed by atoms with Crippen LogP contribution in [0.4, 0.5) is 0 Å². The summed E-state index contributed by atoms with van der Waals surface area (Å²) in [5.74, 6) is 0.761. The average molecular weight is 288 g/mol. The van der Waals surface area contributed by atoms with E-state index in [2.05, 4.69) is 5.16 Å². The van der Waals surface area contributed by atoms with E-state index in [1.165, 1.54) is 0 Å². The van der Waals surface area contributed by atoms with E-state index < -0.39 is 6.10 Å². The second-order valence-electron chi connectivity index (χ2n) is 5.43. The number of nitrogens with two attached hydrogens (primary N) is 1. The van der Waals surface area contributed by atoms with E-state index in [0.29, 0.717) is 13.0 Å². The number of ether oxygens (including phenoxy) is 1. The van der Waals surface area contributed by atoms with Crippen LogP contribution >= 0.6 is 0 Å². The summed E-state index contributed by atoms with van der Waals surface area (Å²) in [7, 11) is 0. The van der Waals surface area contributed by atoms with Crippen LogP contribution in [0, 0.1) is 0 Å². The Bertz CT molecular complexity index is 570. The molecular weight excluding hydrogens is 268 g/mol. The number of hydrogen-bond acceptors (Lipinski definition) is 5. The first kappa shape index (κ1) is 14.3. The number of aliphatic hydroxyl groups is 1. The molecule has 0 amide bonds. The van der Waals surface area contributed by atoms with Crippen LogP contribution in [0.15, 0.2) is 40.9 Å². The SMILES string of the molecule is NC[C@@H]1O[C@@H](Cc2cc(-c3ccccc3)on2)CC[C@H]1O. The lowest BCUT2D eigenvalue weighted by atomic mass is 9.98. The molecule has 2 aromatic rings. The Kier molecular flexibility index (Phi) is 4.34. The highest BCUT2D eigenvalue weighted by Crippen LogP contribution is 2.24. The van der Waals surface area contributed by atoms with Gasteiger partial charge in [-0.05, 0) is 12.8 Å². The van der Waals surface area contributed by atoms with Crippen LogP contribution in [0.25, 0.3) is 11.3 Å². The van der Waals surface area contributed by atoms with Crippen LogP contribution in [0.1, 0.15) is 18.5 Å². The molecule has 5 nitrogen and oxygen atoms in total. The minimum atomic E-state index is -0.455. The van der Waals surface area contributed by atoms with Crippen molar-refractivity contribution < 1.29 is 14.4 Å². The van der Waals surface area contributed by atoms with E-state index in [-0.39, 0.29) is 12.2 Å². The van der Waals surface area contributed by atoms with E-state index in [1.54, 1.807) is 0 Å². The highest BCUT2D eigenvalue weighted by molar-refractivity contribution is 5.56. The van der Waals surface area contributed by atoms with E-state index in [0.717, 1.165) is 29.9 Å². The Balaban J connectivity index is 1.65. The fourth-order valence-electron chi connectivity index (χ4n) is 2.69. The standard InChI is InChI=1S/C16H20N2O3/c17-10-16-14(19)7-6-13(20-16)8-12-9-15(21-18-12)11-4-2-1-3-5-11/h1-5,9,13-14,16,19H,6-8,10,17H2/t13-,14-,16+/m1/s1. The van der Waals surface area contributed by atoms with E-state index >= 15 is 0 Å². The second-order valence-corrected chi connectivity index (χ2v) is 5.43. The van der Waals surface area contributed by atoms with Crippen LogP contribution < -0.4 is 5.73 Å². The molecule has 3 rings (SSSR count). The molecule has 1 aromatic carbocycles. The molecule has 5 heteroatoms. The molecule has 0 radical (unpaired) electrons. The second kappa shape index (κ2) is 6.39. The van der Waals surface area contributed by atoms with Crippen molar-refractivity contribution in [1.82, 2.24) is 5.16 Å². The number of rotatable bonds is 4. The Morgan fingerprint density at radius 3 is 2.81 bits per heavy atom. The number of aromatic nitrogens is 1. The first-order chi connectivity index (χ1) is 10.3. The molecule has 0 unspecified atom stereocenters.